The van der Waals surface area contributed by atoms with Gasteiger partial charge in [-0.2, -0.15) is 0 Å². The van der Waals surface area contributed by atoms with Crippen LogP contribution in [0.3, 0.4) is 0 Å². The predicted molar refractivity (Wildman–Crippen MR) is 81.0 cm³/mol. The van der Waals surface area contributed by atoms with E-state index < -0.39 is 0 Å². The molecule has 1 aliphatic heterocycles. The summed E-state index contributed by atoms with van der Waals surface area (Å²) >= 11 is 0. The minimum atomic E-state index is -0.340. The Balaban J connectivity index is 1.99. The minimum absolute atomic E-state index is 0.0919. The molecule has 0 amide bonds. The second kappa shape index (κ2) is 5.70. The summed E-state index contributed by atoms with van der Waals surface area (Å²) in [5.74, 6) is 1.06. The van der Waals surface area contributed by atoms with Gasteiger partial charge in [-0.25, -0.2) is 4.68 Å². The van der Waals surface area contributed by atoms with Gasteiger partial charge in [0.15, 0.2) is 0 Å². The van der Waals surface area contributed by atoms with Crippen LogP contribution in [0.15, 0.2) is 24.5 Å². The highest BCUT2D eigenvalue weighted by Crippen LogP contribution is 2.34. The molecule has 1 aliphatic rings. The Morgan fingerprint density at radius 3 is 2.59 bits per heavy atom. The van der Waals surface area contributed by atoms with Gasteiger partial charge in [-0.05, 0) is 40.8 Å². The molecule has 116 valence electrons. The molecule has 2 heterocycles. The zero-order valence-corrected chi connectivity index (χ0v) is 12.6. The van der Waals surface area contributed by atoms with Crippen molar-refractivity contribution in [1.82, 2.24) is 20.2 Å². The van der Waals surface area contributed by atoms with Crippen molar-refractivity contribution in [3.63, 3.8) is 0 Å². The SMILES string of the molecule is C[C@H]1C[C@H](C)CN(c2ccc(-n3cnnn3)cc2[N+](=O)[O-])C1. The summed E-state index contributed by atoms with van der Waals surface area (Å²) < 4.78 is 1.41. The maximum atomic E-state index is 11.5. The number of tetrazole rings is 1. The summed E-state index contributed by atoms with van der Waals surface area (Å²) in [4.78, 5) is 13.2. The average Bonchev–Trinajstić information content (AvgIpc) is 2.99. The minimum Gasteiger partial charge on any atom is -0.365 e. The van der Waals surface area contributed by atoms with Crippen molar-refractivity contribution in [2.45, 2.75) is 20.3 Å². The first-order valence-corrected chi connectivity index (χ1v) is 7.31. The van der Waals surface area contributed by atoms with Gasteiger partial charge in [0.25, 0.3) is 5.69 Å². The summed E-state index contributed by atoms with van der Waals surface area (Å²) in [7, 11) is 0. The fourth-order valence-electron chi connectivity index (χ4n) is 3.21. The molecule has 8 heteroatoms. The van der Waals surface area contributed by atoms with Crippen molar-refractivity contribution in [2.75, 3.05) is 18.0 Å². The van der Waals surface area contributed by atoms with E-state index in [1.54, 1.807) is 6.07 Å². The second-order valence-electron chi connectivity index (χ2n) is 6.04. The van der Waals surface area contributed by atoms with Crippen LogP contribution in [0, 0.1) is 22.0 Å². The number of nitro groups is 1. The lowest BCUT2D eigenvalue weighted by Gasteiger charge is -2.36. The van der Waals surface area contributed by atoms with Crippen LogP contribution in [0.25, 0.3) is 5.69 Å². The van der Waals surface area contributed by atoms with Gasteiger partial charge in [-0.3, -0.25) is 10.1 Å². The fourth-order valence-corrected chi connectivity index (χ4v) is 3.21. The monoisotopic (exact) mass is 302 g/mol. The Hall–Kier alpha value is -2.51. The van der Waals surface area contributed by atoms with Crippen LogP contribution < -0.4 is 4.90 Å². The van der Waals surface area contributed by atoms with Crippen molar-refractivity contribution in [1.29, 1.82) is 0 Å². The summed E-state index contributed by atoms with van der Waals surface area (Å²) in [6.45, 7) is 6.05. The Kier molecular flexibility index (Phi) is 3.74. The molecule has 2 atom stereocenters. The van der Waals surface area contributed by atoms with Crippen LogP contribution in [0.5, 0.6) is 0 Å². The van der Waals surface area contributed by atoms with Crippen molar-refractivity contribution in [2.24, 2.45) is 11.8 Å². The first kappa shape index (κ1) is 14.4. The molecule has 0 spiro atoms. The molecule has 1 fully saturated rings. The predicted octanol–water partition coefficient (Wildman–Crippen LogP) is 2.05. The van der Waals surface area contributed by atoms with E-state index >= 15 is 0 Å². The zero-order chi connectivity index (χ0) is 15.7. The van der Waals surface area contributed by atoms with Crippen LogP contribution in [-0.2, 0) is 0 Å². The Bertz CT molecular complexity index is 662. The first-order chi connectivity index (χ1) is 10.5. The van der Waals surface area contributed by atoms with E-state index in [1.807, 2.05) is 6.07 Å². The lowest BCUT2D eigenvalue weighted by molar-refractivity contribution is -0.384. The summed E-state index contributed by atoms with van der Waals surface area (Å²) in [6.07, 6.45) is 2.58. The third-order valence-corrected chi connectivity index (χ3v) is 3.98. The average molecular weight is 302 g/mol. The van der Waals surface area contributed by atoms with E-state index in [1.165, 1.54) is 17.1 Å². The molecule has 0 saturated carbocycles. The molecule has 0 aliphatic carbocycles. The van der Waals surface area contributed by atoms with Crippen LogP contribution in [0.1, 0.15) is 20.3 Å². The van der Waals surface area contributed by atoms with Crippen LogP contribution in [-0.4, -0.2) is 38.2 Å². The molecule has 8 nitrogen and oxygen atoms in total. The summed E-state index contributed by atoms with van der Waals surface area (Å²) in [5.41, 5.74) is 1.34. The maximum absolute atomic E-state index is 11.5. The lowest BCUT2D eigenvalue weighted by atomic mass is 9.91. The number of hydrogen-bond donors (Lipinski definition) is 0. The normalized spacial score (nSPS) is 21.8. The molecule has 22 heavy (non-hydrogen) atoms. The smallest absolute Gasteiger partial charge is 0.294 e. The van der Waals surface area contributed by atoms with Crippen LogP contribution in [0.2, 0.25) is 0 Å². The Labute approximate surface area is 127 Å². The summed E-state index contributed by atoms with van der Waals surface area (Å²) in [6, 6.07) is 5.12. The van der Waals surface area contributed by atoms with Gasteiger partial charge < -0.3 is 4.90 Å². The second-order valence-corrected chi connectivity index (χ2v) is 6.04. The number of anilines is 1. The Morgan fingerprint density at radius 2 is 2.00 bits per heavy atom. The highest BCUT2D eigenvalue weighted by molar-refractivity contribution is 5.66. The highest BCUT2D eigenvalue weighted by atomic mass is 16.6. The number of hydrogen-bond acceptors (Lipinski definition) is 6. The zero-order valence-electron chi connectivity index (χ0n) is 12.6. The number of nitrogens with zero attached hydrogens (tertiary/aromatic N) is 6. The fraction of sp³-hybridized carbons (Fsp3) is 0.500. The standard InChI is InChI=1S/C14H18N6O2/c1-10-5-11(2)8-18(7-10)13-4-3-12(6-14(13)20(21)22)19-9-15-16-17-19/h3-4,6,9-11H,5,7-8H2,1-2H3/t10-,11-/m0/s1. The molecule has 0 N–H and O–H groups in total. The van der Waals surface area contributed by atoms with E-state index in [9.17, 15) is 10.1 Å². The first-order valence-electron chi connectivity index (χ1n) is 7.31. The molecule has 1 saturated heterocycles. The largest absolute Gasteiger partial charge is 0.365 e. The van der Waals surface area contributed by atoms with E-state index in [4.69, 9.17) is 0 Å². The van der Waals surface area contributed by atoms with Gasteiger partial charge in [0.1, 0.15) is 12.0 Å². The summed E-state index contributed by atoms with van der Waals surface area (Å²) in [5, 5.41) is 22.4. The van der Waals surface area contributed by atoms with E-state index in [2.05, 4.69) is 34.3 Å². The number of nitro benzene ring substituents is 1. The van der Waals surface area contributed by atoms with Gasteiger partial charge >= 0.3 is 0 Å². The topological polar surface area (TPSA) is 90.0 Å². The molecular weight excluding hydrogens is 284 g/mol. The van der Waals surface area contributed by atoms with Gasteiger partial charge in [-0.1, -0.05) is 13.8 Å². The maximum Gasteiger partial charge on any atom is 0.294 e. The van der Waals surface area contributed by atoms with Crippen molar-refractivity contribution in [3.05, 3.63) is 34.6 Å². The van der Waals surface area contributed by atoms with Gasteiger partial charge in [0, 0.05) is 19.2 Å². The van der Waals surface area contributed by atoms with Gasteiger partial charge in [0.05, 0.1) is 10.6 Å². The molecule has 1 aromatic heterocycles. The van der Waals surface area contributed by atoms with Crippen LogP contribution >= 0.6 is 0 Å². The molecule has 1 aromatic carbocycles. The van der Waals surface area contributed by atoms with E-state index in [0.717, 1.165) is 19.5 Å². The van der Waals surface area contributed by atoms with Crippen molar-refractivity contribution < 1.29 is 4.92 Å². The van der Waals surface area contributed by atoms with E-state index in [0.29, 0.717) is 23.2 Å². The molecule has 3 rings (SSSR count). The third-order valence-electron chi connectivity index (χ3n) is 3.98. The van der Waals surface area contributed by atoms with Crippen molar-refractivity contribution >= 4 is 11.4 Å². The quantitative estimate of drug-likeness (QED) is 0.636. The molecule has 0 unspecified atom stereocenters. The van der Waals surface area contributed by atoms with Gasteiger partial charge in [-0.15, -0.1) is 5.10 Å². The molecule has 0 bridgehead atoms. The number of piperidine rings is 1. The van der Waals surface area contributed by atoms with Crippen molar-refractivity contribution in [3.8, 4) is 5.69 Å². The lowest BCUT2D eigenvalue weighted by Crippen LogP contribution is -2.39. The molecule has 2 aromatic rings. The number of benzene rings is 1. The molecule has 0 radical (unpaired) electrons. The third kappa shape index (κ3) is 2.76. The van der Waals surface area contributed by atoms with Gasteiger partial charge in [0.2, 0.25) is 0 Å². The highest BCUT2D eigenvalue weighted by Gasteiger charge is 2.27. The van der Waals surface area contributed by atoms with Crippen LogP contribution in [0.4, 0.5) is 11.4 Å². The number of rotatable bonds is 3. The Morgan fingerprint density at radius 1 is 1.27 bits per heavy atom. The number of aromatic nitrogens is 4. The van der Waals surface area contributed by atoms with E-state index in [-0.39, 0.29) is 10.6 Å². The molecular formula is C14H18N6O2.